The molecule has 0 aliphatic carbocycles. The predicted octanol–water partition coefficient (Wildman–Crippen LogP) is 2.99. The summed E-state index contributed by atoms with van der Waals surface area (Å²) in [7, 11) is 0. The molecule has 0 amide bonds. The van der Waals surface area contributed by atoms with Gasteiger partial charge in [0.05, 0.1) is 5.69 Å². The number of benzene rings is 1. The molecule has 0 atom stereocenters. The summed E-state index contributed by atoms with van der Waals surface area (Å²) in [6.07, 6.45) is 0. The molecular weight excluding hydrogens is 217 g/mol. The summed E-state index contributed by atoms with van der Waals surface area (Å²) in [6.45, 7) is 3.87. The van der Waals surface area contributed by atoms with E-state index < -0.39 is 5.82 Å². The Balaban J connectivity index is 2.44. The van der Waals surface area contributed by atoms with Crippen molar-refractivity contribution < 1.29 is 4.39 Å². The van der Waals surface area contributed by atoms with Gasteiger partial charge in [-0.15, -0.1) is 0 Å². The Morgan fingerprint density at radius 3 is 2.41 bits per heavy atom. The lowest BCUT2D eigenvalue weighted by molar-refractivity contribution is 0.624. The van der Waals surface area contributed by atoms with Crippen molar-refractivity contribution in [2.75, 3.05) is 5.43 Å². The van der Waals surface area contributed by atoms with E-state index in [4.69, 9.17) is 5.26 Å². The van der Waals surface area contributed by atoms with Gasteiger partial charge in [-0.05, 0) is 38.1 Å². The van der Waals surface area contributed by atoms with Gasteiger partial charge in [0, 0.05) is 11.4 Å². The normalized spacial score (nSPS) is 10.0. The van der Waals surface area contributed by atoms with Crippen LogP contribution in [0.15, 0.2) is 30.3 Å². The molecule has 1 aromatic carbocycles. The van der Waals surface area contributed by atoms with Gasteiger partial charge in [0.2, 0.25) is 0 Å². The van der Waals surface area contributed by atoms with E-state index in [9.17, 15) is 4.39 Å². The third kappa shape index (κ3) is 2.00. The molecular formula is C13H12FN3. The number of hydrogen-bond donors (Lipinski definition) is 1. The number of anilines is 1. The van der Waals surface area contributed by atoms with Crippen LogP contribution < -0.4 is 5.43 Å². The van der Waals surface area contributed by atoms with Crippen LogP contribution in [0.5, 0.6) is 0 Å². The molecule has 17 heavy (non-hydrogen) atoms. The molecule has 1 heterocycles. The van der Waals surface area contributed by atoms with Crippen molar-refractivity contribution in [2.45, 2.75) is 13.8 Å². The molecule has 0 aliphatic rings. The van der Waals surface area contributed by atoms with Crippen LogP contribution in [0.1, 0.15) is 17.0 Å². The minimum atomic E-state index is -0.514. The number of nitriles is 1. The van der Waals surface area contributed by atoms with Crippen molar-refractivity contribution in [1.29, 1.82) is 5.26 Å². The maximum Gasteiger partial charge on any atom is 0.143 e. The minimum Gasteiger partial charge on any atom is -0.293 e. The lowest BCUT2D eigenvalue weighted by Crippen LogP contribution is -2.13. The topological polar surface area (TPSA) is 40.8 Å². The Hall–Kier alpha value is -2.28. The minimum absolute atomic E-state index is 0.0278. The quantitative estimate of drug-likeness (QED) is 0.860. The van der Waals surface area contributed by atoms with Crippen LogP contribution in [0.4, 0.5) is 10.1 Å². The van der Waals surface area contributed by atoms with Gasteiger partial charge in [0.1, 0.15) is 17.4 Å². The SMILES string of the molecule is Cc1ccc(C)n1Nc1cccc(F)c1C#N. The van der Waals surface area contributed by atoms with Gasteiger partial charge < -0.3 is 0 Å². The van der Waals surface area contributed by atoms with E-state index in [0.29, 0.717) is 5.69 Å². The Morgan fingerprint density at radius 2 is 1.82 bits per heavy atom. The highest BCUT2D eigenvalue weighted by molar-refractivity contribution is 5.58. The van der Waals surface area contributed by atoms with Crippen LogP contribution >= 0.6 is 0 Å². The molecule has 1 N–H and O–H groups in total. The Bertz CT molecular complexity index is 574. The Morgan fingerprint density at radius 1 is 1.18 bits per heavy atom. The average Bonchev–Trinajstić information content (AvgIpc) is 2.61. The third-order valence-corrected chi connectivity index (χ3v) is 2.63. The van der Waals surface area contributed by atoms with Gasteiger partial charge in [0.15, 0.2) is 0 Å². The first-order valence-electron chi connectivity index (χ1n) is 5.24. The zero-order valence-corrected chi connectivity index (χ0v) is 9.66. The van der Waals surface area contributed by atoms with Gasteiger partial charge in [-0.25, -0.2) is 4.39 Å². The van der Waals surface area contributed by atoms with Crippen LogP contribution in [0.25, 0.3) is 0 Å². The molecule has 1 aromatic heterocycles. The molecule has 0 saturated carbocycles. The number of aromatic nitrogens is 1. The zero-order chi connectivity index (χ0) is 12.4. The summed E-state index contributed by atoms with van der Waals surface area (Å²) in [5, 5.41) is 8.93. The first kappa shape index (κ1) is 11.2. The highest BCUT2D eigenvalue weighted by Crippen LogP contribution is 2.19. The van der Waals surface area contributed by atoms with Gasteiger partial charge in [-0.2, -0.15) is 5.26 Å². The van der Waals surface area contributed by atoms with Crippen molar-refractivity contribution in [3.05, 3.63) is 53.1 Å². The van der Waals surface area contributed by atoms with Gasteiger partial charge in [0.25, 0.3) is 0 Å². The van der Waals surface area contributed by atoms with E-state index in [2.05, 4.69) is 5.43 Å². The van der Waals surface area contributed by atoms with E-state index in [1.165, 1.54) is 6.07 Å². The highest BCUT2D eigenvalue weighted by Gasteiger charge is 2.09. The van der Waals surface area contributed by atoms with E-state index in [1.807, 2.05) is 36.7 Å². The number of halogens is 1. The molecule has 0 unspecified atom stereocenters. The third-order valence-electron chi connectivity index (χ3n) is 2.63. The lowest BCUT2D eigenvalue weighted by atomic mass is 10.2. The molecule has 0 radical (unpaired) electrons. The number of aryl methyl sites for hydroxylation is 2. The van der Waals surface area contributed by atoms with Crippen molar-refractivity contribution >= 4 is 5.69 Å². The summed E-state index contributed by atoms with van der Waals surface area (Å²) >= 11 is 0. The first-order chi connectivity index (χ1) is 8.13. The molecule has 0 bridgehead atoms. The molecule has 0 fully saturated rings. The molecule has 86 valence electrons. The molecule has 0 saturated heterocycles. The Kier molecular flexibility index (Phi) is 2.84. The van der Waals surface area contributed by atoms with Crippen LogP contribution in [0, 0.1) is 31.0 Å². The predicted molar refractivity (Wildman–Crippen MR) is 64.0 cm³/mol. The number of hydrogen-bond acceptors (Lipinski definition) is 2. The standard InChI is InChI=1S/C13H12FN3/c1-9-6-7-10(2)17(9)16-13-5-3-4-12(14)11(13)8-15/h3-7,16H,1-2H3. The fourth-order valence-corrected chi connectivity index (χ4v) is 1.70. The average molecular weight is 229 g/mol. The maximum absolute atomic E-state index is 13.4. The molecule has 0 spiro atoms. The van der Waals surface area contributed by atoms with E-state index in [1.54, 1.807) is 12.1 Å². The second-order valence-corrected chi connectivity index (χ2v) is 3.84. The monoisotopic (exact) mass is 229 g/mol. The number of nitrogens with zero attached hydrogens (tertiary/aromatic N) is 2. The maximum atomic E-state index is 13.4. The fourth-order valence-electron chi connectivity index (χ4n) is 1.70. The second-order valence-electron chi connectivity index (χ2n) is 3.84. The van der Waals surface area contributed by atoms with Crippen LogP contribution in [0.2, 0.25) is 0 Å². The van der Waals surface area contributed by atoms with Crippen LogP contribution in [-0.2, 0) is 0 Å². The number of rotatable bonds is 2. The van der Waals surface area contributed by atoms with Crippen molar-refractivity contribution in [2.24, 2.45) is 0 Å². The summed E-state index contributed by atoms with van der Waals surface area (Å²) in [4.78, 5) is 0. The van der Waals surface area contributed by atoms with Gasteiger partial charge >= 0.3 is 0 Å². The fraction of sp³-hybridized carbons (Fsp3) is 0.154. The summed E-state index contributed by atoms with van der Waals surface area (Å²) in [5.74, 6) is -0.514. The molecule has 2 aromatic rings. The molecule has 3 nitrogen and oxygen atoms in total. The van der Waals surface area contributed by atoms with Crippen LogP contribution in [0.3, 0.4) is 0 Å². The Labute approximate surface area is 99.1 Å². The molecule has 0 aliphatic heterocycles. The number of nitrogens with one attached hydrogen (secondary N) is 1. The van der Waals surface area contributed by atoms with E-state index in [0.717, 1.165) is 11.4 Å². The van der Waals surface area contributed by atoms with Crippen LogP contribution in [-0.4, -0.2) is 4.68 Å². The van der Waals surface area contributed by atoms with E-state index in [-0.39, 0.29) is 5.56 Å². The van der Waals surface area contributed by atoms with Gasteiger partial charge in [-0.3, -0.25) is 10.1 Å². The van der Waals surface area contributed by atoms with Gasteiger partial charge in [-0.1, -0.05) is 6.07 Å². The lowest BCUT2D eigenvalue weighted by Gasteiger charge is -2.13. The summed E-state index contributed by atoms with van der Waals surface area (Å²) < 4.78 is 15.2. The van der Waals surface area contributed by atoms with Crippen molar-refractivity contribution in [3.63, 3.8) is 0 Å². The first-order valence-corrected chi connectivity index (χ1v) is 5.24. The molecule has 4 heteroatoms. The molecule has 2 rings (SSSR count). The van der Waals surface area contributed by atoms with Crippen molar-refractivity contribution in [1.82, 2.24) is 4.68 Å². The highest BCUT2D eigenvalue weighted by atomic mass is 19.1. The van der Waals surface area contributed by atoms with Crippen molar-refractivity contribution in [3.8, 4) is 6.07 Å². The summed E-state index contributed by atoms with van der Waals surface area (Å²) in [6, 6.07) is 10.3. The zero-order valence-electron chi connectivity index (χ0n) is 9.66. The van der Waals surface area contributed by atoms with E-state index >= 15 is 0 Å². The smallest absolute Gasteiger partial charge is 0.143 e. The largest absolute Gasteiger partial charge is 0.293 e. The second kappa shape index (κ2) is 4.30. The summed E-state index contributed by atoms with van der Waals surface area (Å²) in [5.41, 5.74) is 5.52.